The monoisotopic (exact) mass is 245 g/mol. The van der Waals surface area contributed by atoms with Crippen LogP contribution in [0.3, 0.4) is 0 Å². The summed E-state index contributed by atoms with van der Waals surface area (Å²) < 4.78 is 0. The largest absolute Gasteiger partial charge is 0.548 e. The van der Waals surface area contributed by atoms with Crippen molar-refractivity contribution in [2.24, 2.45) is 5.92 Å². The van der Waals surface area contributed by atoms with Crippen LogP contribution < -0.4 is 21.5 Å². The maximum Gasteiger partial charge on any atom is 0.275 e. The number of carboxylic acid groups (broad SMARTS) is 1. The Morgan fingerprint density at radius 2 is 1.82 bits per heavy atom. The van der Waals surface area contributed by atoms with Crippen LogP contribution in [0, 0.1) is 5.92 Å². The van der Waals surface area contributed by atoms with Crippen LogP contribution in [-0.2, 0) is 14.4 Å². The third-order valence-electron chi connectivity index (χ3n) is 2.00. The standard InChI is InChI=1S/C10H19N3O4/c1-6(2)3-7(10(16)17)13-9(15)5-12-8(14)4-11/h6-7H,3-5,11H2,1-2H3,(H,12,14)(H,13,15)(H,16,17)/t7-/m1/s1. The molecule has 0 bridgehead atoms. The van der Waals surface area contributed by atoms with Crippen LogP contribution in [0.5, 0.6) is 0 Å². The average Bonchev–Trinajstić information content (AvgIpc) is 2.24. The molecule has 0 unspecified atom stereocenters. The second-order valence-electron chi connectivity index (χ2n) is 4.10. The molecule has 0 saturated heterocycles. The highest BCUT2D eigenvalue weighted by Crippen LogP contribution is 2.03. The van der Waals surface area contributed by atoms with E-state index in [1.165, 1.54) is 0 Å². The lowest BCUT2D eigenvalue weighted by molar-refractivity contribution is -0.355. The van der Waals surface area contributed by atoms with Gasteiger partial charge in [-0.1, -0.05) is 13.8 Å². The number of nitrogens with one attached hydrogen (secondary N) is 2. The normalized spacial score (nSPS) is 12.0. The molecule has 0 rings (SSSR count). The molecule has 98 valence electrons. The van der Waals surface area contributed by atoms with Gasteiger partial charge in [0.2, 0.25) is 5.91 Å². The Morgan fingerprint density at radius 1 is 1.24 bits per heavy atom. The van der Waals surface area contributed by atoms with E-state index in [1.807, 2.05) is 13.8 Å². The Hall–Kier alpha value is -1.63. The molecule has 0 heterocycles. The first-order valence-corrected chi connectivity index (χ1v) is 5.43. The lowest BCUT2D eigenvalue weighted by Crippen LogP contribution is -2.58. The van der Waals surface area contributed by atoms with Crippen molar-refractivity contribution in [3.63, 3.8) is 0 Å². The summed E-state index contributed by atoms with van der Waals surface area (Å²) >= 11 is 0. The van der Waals surface area contributed by atoms with Gasteiger partial charge < -0.3 is 26.3 Å². The van der Waals surface area contributed by atoms with Gasteiger partial charge in [-0.05, 0) is 12.3 Å². The van der Waals surface area contributed by atoms with E-state index < -0.39 is 17.9 Å². The van der Waals surface area contributed by atoms with E-state index in [0.717, 1.165) is 0 Å². The average molecular weight is 245 g/mol. The molecule has 5 N–H and O–H groups in total. The molecule has 0 saturated carbocycles. The number of carbonyl (C=O) groups is 3. The van der Waals surface area contributed by atoms with Crippen molar-refractivity contribution in [3.8, 4) is 0 Å². The van der Waals surface area contributed by atoms with E-state index in [0.29, 0.717) is 0 Å². The molecule has 7 nitrogen and oxygen atoms in total. The molecular formula is C10H19N3O4. The summed E-state index contributed by atoms with van der Waals surface area (Å²) in [6, 6.07) is -1.03. The molecule has 0 aliphatic rings. The Bertz CT molecular complexity index is 291. The number of rotatable bonds is 7. The summed E-state index contributed by atoms with van der Waals surface area (Å²) in [6.07, 6.45) is 0.289. The van der Waals surface area contributed by atoms with E-state index >= 15 is 0 Å². The van der Waals surface area contributed by atoms with Crippen molar-refractivity contribution >= 4 is 17.8 Å². The first-order valence-electron chi connectivity index (χ1n) is 5.43. The number of carboxylic acids is 1. The molecule has 0 aromatic heterocycles. The van der Waals surface area contributed by atoms with Gasteiger partial charge in [0.15, 0.2) is 6.54 Å². The van der Waals surface area contributed by atoms with Gasteiger partial charge in [0.1, 0.15) is 0 Å². The Kier molecular flexibility index (Phi) is 6.88. The number of carbonyl (C=O) groups excluding carboxylic acids is 3. The third kappa shape index (κ3) is 7.29. The minimum atomic E-state index is -1.32. The fraction of sp³-hybridized carbons (Fsp3) is 0.700. The van der Waals surface area contributed by atoms with Crippen molar-refractivity contribution in [3.05, 3.63) is 0 Å². The predicted molar refractivity (Wildman–Crippen MR) is 57.2 cm³/mol. The van der Waals surface area contributed by atoms with Crippen LogP contribution in [0.2, 0.25) is 0 Å². The van der Waals surface area contributed by atoms with Gasteiger partial charge in [0, 0.05) is 0 Å². The molecule has 17 heavy (non-hydrogen) atoms. The Morgan fingerprint density at radius 3 is 2.24 bits per heavy atom. The smallest absolute Gasteiger partial charge is 0.275 e. The van der Waals surface area contributed by atoms with Crippen molar-refractivity contribution in [2.75, 3.05) is 13.1 Å². The maximum atomic E-state index is 11.3. The molecule has 0 fully saturated rings. The minimum absolute atomic E-state index is 0.0309. The molecular weight excluding hydrogens is 226 g/mol. The molecule has 0 aliphatic carbocycles. The molecule has 2 amide bonds. The van der Waals surface area contributed by atoms with Gasteiger partial charge in [-0.25, -0.2) is 0 Å². The first kappa shape index (κ1) is 15.4. The zero-order chi connectivity index (χ0) is 13.4. The van der Waals surface area contributed by atoms with E-state index in [4.69, 9.17) is 0 Å². The summed E-state index contributed by atoms with van der Waals surface area (Å²) in [4.78, 5) is 32.9. The zero-order valence-electron chi connectivity index (χ0n) is 10.1. The number of hydrogen-bond donors (Lipinski definition) is 3. The summed E-state index contributed by atoms with van der Waals surface area (Å²) in [6.45, 7) is 3.46. The van der Waals surface area contributed by atoms with E-state index in [-0.39, 0.29) is 31.3 Å². The van der Waals surface area contributed by atoms with Crippen molar-refractivity contribution in [1.82, 2.24) is 10.6 Å². The van der Waals surface area contributed by atoms with Gasteiger partial charge in [-0.3, -0.25) is 9.59 Å². The lowest BCUT2D eigenvalue weighted by atomic mass is 10.0. The minimum Gasteiger partial charge on any atom is -0.548 e. The van der Waals surface area contributed by atoms with Gasteiger partial charge >= 0.3 is 0 Å². The molecule has 7 heteroatoms. The highest BCUT2D eigenvalue weighted by Gasteiger charge is 2.15. The molecule has 1 atom stereocenters. The number of aliphatic carboxylic acids is 1. The highest BCUT2D eigenvalue weighted by molar-refractivity contribution is 5.87. The van der Waals surface area contributed by atoms with Crippen LogP contribution >= 0.6 is 0 Å². The Labute approximate surface area is 99.7 Å². The molecule has 0 aromatic carbocycles. The van der Waals surface area contributed by atoms with Crippen LogP contribution in [0.15, 0.2) is 0 Å². The second-order valence-corrected chi connectivity index (χ2v) is 4.10. The quantitative estimate of drug-likeness (QED) is 0.432. The van der Waals surface area contributed by atoms with E-state index in [9.17, 15) is 19.5 Å². The number of amides is 2. The molecule has 0 radical (unpaired) electrons. The first-order chi connectivity index (χ1) is 7.86. The topological polar surface area (TPSA) is 126 Å². The zero-order valence-corrected chi connectivity index (χ0v) is 10.1. The summed E-state index contributed by atoms with van der Waals surface area (Å²) in [7, 11) is 0. The fourth-order valence-electron chi connectivity index (χ4n) is 1.20. The third-order valence-corrected chi connectivity index (χ3v) is 2.00. The number of quaternary nitrogens is 1. The summed E-state index contributed by atoms with van der Waals surface area (Å²) in [5, 5.41) is 15.3. The van der Waals surface area contributed by atoms with Crippen LogP contribution in [0.1, 0.15) is 20.3 Å². The van der Waals surface area contributed by atoms with Gasteiger partial charge in [-0.2, -0.15) is 0 Å². The predicted octanol–water partition coefficient (Wildman–Crippen LogP) is -3.37. The van der Waals surface area contributed by atoms with Crippen LogP contribution in [0.4, 0.5) is 0 Å². The van der Waals surface area contributed by atoms with Crippen molar-refractivity contribution < 1.29 is 25.2 Å². The highest BCUT2D eigenvalue weighted by atomic mass is 16.4. The van der Waals surface area contributed by atoms with E-state index in [1.54, 1.807) is 0 Å². The SMILES string of the molecule is CC(C)C[C@@H](NC(=O)CNC(=O)C[NH3+])C(=O)[O-]. The van der Waals surface area contributed by atoms with E-state index in [2.05, 4.69) is 16.4 Å². The fourth-order valence-corrected chi connectivity index (χ4v) is 1.20. The maximum absolute atomic E-state index is 11.3. The van der Waals surface area contributed by atoms with Crippen LogP contribution in [-0.4, -0.2) is 36.9 Å². The van der Waals surface area contributed by atoms with Crippen LogP contribution in [0.25, 0.3) is 0 Å². The van der Waals surface area contributed by atoms with Gasteiger partial charge in [0.05, 0.1) is 18.6 Å². The van der Waals surface area contributed by atoms with Gasteiger partial charge in [0.25, 0.3) is 5.91 Å². The summed E-state index contributed by atoms with van der Waals surface area (Å²) in [5.74, 6) is -2.13. The van der Waals surface area contributed by atoms with Gasteiger partial charge in [-0.15, -0.1) is 0 Å². The molecule has 0 aliphatic heterocycles. The number of hydrogen-bond acceptors (Lipinski definition) is 4. The lowest BCUT2D eigenvalue weighted by Gasteiger charge is -2.21. The summed E-state index contributed by atoms with van der Waals surface area (Å²) in [5.41, 5.74) is 3.34. The Balaban J connectivity index is 4.13. The molecule has 0 aromatic rings. The molecule has 0 spiro atoms. The second kappa shape index (κ2) is 7.61. The van der Waals surface area contributed by atoms with Crippen molar-refractivity contribution in [1.29, 1.82) is 0 Å². The van der Waals surface area contributed by atoms with Crippen molar-refractivity contribution in [2.45, 2.75) is 26.3 Å².